The molecule has 0 aromatic carbocycles. The second-order valence-electron chi connectivity index (χ2n) is 3.75. The third kappa shape index (κ3) is 2.57. The van der Waals surface area contributed by atoms with Crippen LogP contribution in [0.3, 0.4) is 0 Å². The molecular formula is C12H15N3O. The Kier molecular flexibility index (Phi) is 4.01. The number of carbonyl (C=O) groups is 1. The van der Waals surface area contributed by atoms with Crippen molar-refractivity contribution in [1.29, 1.82) is 5.26 Å². The van der Waals surface area contributed by atoms with Gasteiger partial charge in [0.05, 0.1) is 18.1 Å². The summed E-state index contributed by atoms with van der Waals surface area (Å²) in [5.74, 6) is 0.622. The van der Waals surface area contributed by atoms with Gasteiger partial charge in [-0.05, 0) is 26.0 Å². The van der Waals surface area contributed by atoms with Crippen molar-refractivity contribution >= 4 is 11.6 Å². The van der Waals surface area contributed by atoms with E-state index in [4.69, 9.17) is 5.26 Å². The van der Waals surface area contributed by atoms with E-state index >= 15 is 0 Å². The molecule has 0 aliphatic carbocycles. The number of pyridine rings is 1. The normalized spacial score (nSPS) is 11.6. The predicted octanol–water partition coefficient (Wildman–Crippen LogP) is 2.02. The minimum Gasteiger partial charge on any atom is -0.355 e. The number of nitrogens with zero attached hydrogens (tertiary/aromatic N) is 3. The zero-order chi connectivity index (χ0) is 12.1. The van der Waals surface area contributed by atoms with Crippen LogP contribution < -0.4 is 4.90 Å². The first-order valence-electron chi connectivity index (χ1n) is 5.13. The first-order chi connectivity index (χ1) is 7.57. The molecule has 0 radical (unpaired) electrons. The van der Waals surface area contributed by atoms with Crippen LogP contribution in [0.25, 0.3) is 0 Å². The molecule has 0 aliphatic heterocycles. The Morgan fingerprint density at radius 1 is 1.69 bits per heavy atom. The third-order valence-electron chi connectivity index (χ3n) is 2.55. The van der Waals surface area contributed by atoms with Crippen LogP contribution in [0.15, 0.2) is 18.3 Å². The van der Waals surface area contributed by atoms with Crippen LogP contribution in [0.2, 0.25) is 0 Å². The van der Waals surface area contributed by atoms with E-state index in [1.807, 2.05) is 18.9 Å². The summed E-state index contributed by atoms with van der Waals surface area (Å²) in [7, 11) is 1.84. The van der Waals surface area contributed by atoms with Crippen molar-refractivity contribution in [2.24, 2.45) is 0 Å². The van der Waals surface area contributed by atoms with Gasteiger partial charge in [0.2, 0.25) is 0 Å². The number of aromatic nitrogens is 1. The van der Waals surface area contributed by atoms with E-state index in [1.54, 1.807) is 18.3 Å². The largest absolute Gasteiger partial charge is 0.355 e. The number of carbonyl (C=O) groups excluding carboxylic acids is 1. The maximum atomic E-state index is 11.4. The molecule has 0 aliphatic rings. The van der Waals surface area contributed by atoms with Gasteiger partial charge >= 0.3 is 0 Å². The van der Waals surface area contributed by atoms with Gasteiger partial charge < -0.3 is 4.90 Å². The average molecular weight is 217 g/mol. The Labute approximate surface area is 95.5 Å². The molecule has 4 heteroatoms. The number of rotatable bonds is 4. The van der Waals surface area contributed by atoms with Crippen LogP contribution in [-0.4, -0.2) is 23.9 Å². The first kappa shape index (κ1) is 12.2. The molecule has 0 fully saturated rings. The lowest BCUT2D eigenvalue weighted by atomic mass is 10.1. The van der Waals surface area contributed by atoms with Gasteiger partial charge in [-0.3, -0.25) is 4.79 Å². The van der Waals surface area contributed by atoms with Crippen LogP contribution in [0.1, 0.15) is 30.6 Å². The van der Waals surface area contributed by atoms with Gasteiger partial charge in [-0.1, -0.05) is 0 Å². The topological polar surface area (TPSA) is 57.0 Å². The van der Waals surface area contributed by atoms with E-state index in [9.17, 15) is 4.79 Å². The predicted molar refractivity (Wildman–Crippen MR) is 62.3 cm³/mol. The van der Waals surface area contributed by atoms with Crippen molar-refractivity contribution in [3.8, 4) is 6.07 Å². The third-order valence-corrected chi connectivity index (χ3v) is 2.55. The highest BCUT2D eigenvalue weighted by Crippen LogP contribution is 2.19. The molecule has 16 heavy (non-hydrogen) atoms. The molecule has 0 saturated carbocycles. The van der Waals surface area contributed by atoms with E-state index in [0.717, 1.165) is 0 Å². The second kappa shape index (κ2) is 5.26. The molecule has 1 rings (SSSR count). The van der Waals surface area contributed by atoms with Crippen LogP contribution in [0.4, 0.5) is 5.82 Å². The minimum atomic E-state index is -0.0147. The lowest BCUT2D eigenvalue weighted by Gasteiger charge is -2.25. The van der Waals surface area contributed by atoms with Crippen molar-refractivity contribution in [2.75, 3.05) is 11.9 Å². The summed E-state index contributed by atoms with van der Waals surface area (Å²) < 4.78 is 0. The number of hydrogen-bond acceptors (Lipinski definition) is 4. The fourth-order valence-electron chi connectivity index (χ4n) is 1.43. The monoisotopic (exact) mass is 217 g/mol. The van der Waals surface area contributed by atoms with E-state index in [0.29, 0.717) is 17.8 Å². The van der Waals surface area contributed by atoms with Gasteiger partial charge in [-0.15, -0.1) is 0 Å². The van der Waals surface area contributed by atoms with Crippen LogP contribution in [0.5, 0.6) is 0 Å². The van der Waals surface area contributed by atoms with Gasteiger partial charge in [-0.25, -0.2) is 4.98 Å². The summed E-state index contributed by atoms with van der Waals surface area (Å²) in [5, 5.41) is 8.65. The molecule has 0 N–H and O–H groups in total. The van der Waals surface area contributed by atoms with E-state index in [2.05, 4.69) is 11.1 Å². The number of nitriles is 1. The summed E-state index contributed by atoms with van der Waals surface area (Å²) in [6.45, 7) is 3.45. The molecule has 1 atom stereocenters. The highest BCUT2D eigenvalue weighted by Gasteiger charge is 2.16. The quantitative estimate of drug-likeness (QED) is 0.724. The molecular weight excluding hydrogens is 202 g/mol. The Balaban J connectivity index is 3.04. The summed E-state index contributed by atoms with van der Waals surface area (Å²) in [4.78, 5) is 17.5. The molecule has 1 aromatic rings. The van der Waals surface area contributed by atoms with Crippen LogP contribution in [0, 0.1) is 11.3 Å². The lowest BCUT2D eigenvalue weighted by Crippen LogP contribution is -2.30. The summed E-state index contributed by atoms with van der Waals surface area (Å²) in [6, 6.07) is 5.64. The van der Waals surface area contributed by atoms with E-state index in [1.165, 1.54) is 6.92 Å². The van der Waals surface area contributed by atoms with Crippen molar-refractivity contribution in [3.63, 3.8) is 0 Å². The highest BCUT2D eigenvalue weighted by molar-refractivity contribution is 5.98. The summed E-state index contributed by atoms with van der Waals surface area (Å²) in [6.07, 6.45) is 2.06. The van der Waals surface area contributed by atoms with Crippen molar-refractivity contribution < 1.29 is 4.79 Å². The van der Waals surface area contributed by atoms with Crippen molar-refractivity contribution in [2.45, 2.75) is 26.3 Å². The molecule has 0 amide bonds. The van der Waals surface area contributed by atoms with Gasteiger partial charge in [0.25, 0.3) is 0 Å². The van der Waals surface area contributed by atoms with Crippen LogP contribution >= 0.6 is 0 Å². The van der Waals surface area contributed by atoms with Gasteiger partial charge in [0, 0.05) is 19.3 Å². The number of hydrogen-bond donors (Lipinski definition) is 0. The van der Waals surface area contributed by atoms with Crippen molar-refractivity contribution in [3.05, 3.63) is 23.9 Å². The summed E-state index contributed by atoms with van der Waals surface area (Å²) >= 11 is 0. The maximum absolute atomic E-state index is 11.4. The number of ketones is 1. The summed E-state index contributed by atoms with van der Waals surface area (Å²) in [5.41, 5.74) is 0.592. The van der Waals surface area contributed by atoms with Gasteiger partial charge in [-0.2, -0.15) is 5.26 Å². The zero-order valence-corrected chi connectivity index (χ0v) is 9.77. The Morgan fingerprint density at radius 3 is 2.94 bits per heavy atom. The van der Waals surface area contributed by atoms with Crippen LogP contribution in [-0.2, 0) is 0 Å². The number of Topliss-reactive ketones (excluding diaryl/α,β-unsaturated/α-hetero) is 1. The first-order valence-corrected chi connectivity index (χ1v) is 5.13. The van der Waals surface area contributed by atoms with Crippen molar-refractivity contribution in [1.82, 2.24) is 4.98 Å². The standard InChI is InChI=1S/C12H15N3O/c1-9(6-7-13)15(3)12-11(10(2)16)5-4-8-14-12/h4-5,8-9H,6H2,1-3H3. The second-order valence-corrected chi connectivity index (χ2v) is 3.75. The molecule has 84 valence electrons. The Morgan fingerprint density at radius 2 is 2.38 bits per heavy atom. The van der Waals surface area contributed by atoms with Gasteiger partial charge in [0.1, 0.15) is 5.82 Å². The maximum Gasteiger partial charge on any atom is 0.163 e. The minimum absolute atomic E-state index is 0.0147. The number of anilines is 1. The molecule has 1 unspecified atom stereocenters. The zero-order valence-electron chi connectivity index (χ0n) is 9.77. The Bertz CT molecular complexity index is 423. The molecule has 0 saturated heterocycles. The highest BCUT2D eigenvalue weighted by atomic mass is 16.1. The molecule has 0 bridgehead atoms. The molecule has 1 heterocycles. The molecule has 4 nitrogen and oxygen atoms in total. The lowest BCUT2D eigenvalue weighted by molar-refractivity contribution is 0.101. The SMILES string of the molecule is CC(=O)c1cccnc1N(C)C(C)CC#N. The van der Waals surface area contributed by atoms with E-state index in [-0.39, 0.29) is 11.8 Å². The fraction of sp³-hybridized carbons (Fsp3) is 0.417. The van der Waals surface area contributed by atoms with E-state index < -0.39 is 0 Å². The van der Waals surface area contributed by atoms with Gasteiger partial charge in [0.15, 0.2) is 5.78 Å². The average Bonchev–Trinajstić information content (AvgIpc) is 2.28. The molecule has 1 aromatic heterocycles. The Hall–Kier alpha value is -1.89. The smallest absolute Gasteiger partial charge is 0.163 e. The fourth-order valence-corrected chi connectivity index (χ4v) is 1.43. The molecule has 0 spiro atoms.